The van der Waals surface area contributed by atoms with Crippen molar-refractivity contribution in [3.63, 3.8) is 0 Å². The molecule has 0 aromatic rings. The summed E-state index contributed by atoms with van der Waals surface area (Å²) in [7, 11) is 0. The van der Waals surface area contributed by atoms with E-state index >= 15 is 0 Å². The van der Waals surface area contributed by atoms with Crippen molar-refractivity contribution in [2.24, 2.45) is 5.73 Å². The molecule has 0 spiro atoms. The van der Waals surface area contributed by atoms with Crippen molar-refractivity contribution in [2.45, 2.75) is 43.8 Å². The second-order valence-corrected chi connectivity index (χ2v) is 7.33. The normalized spacial score (nSPS) is 18.2. The summed E-state index contributed by atoms with van der Waals surface area (Å²) >= 11 is 1.46. The number of carbonyl (C=O) groups excluding carboxylic acids is 3. The fourth-order valence-corrected chi connectivity index (χ4v) is 3.32. The Kier molecular flexibility index (Phi) is 9.73. The first-order chi connectivity index (χ1) is 13.2. The predicted molar refractivity (Wildman–Crippen MR) is 101 cm³/mol. The van der Waals surface area contributed by atoms with Gasteiger partial charge in [0, 0.05) is 6.54 Å². The van der Waals surface area contributed by atoms with Crippen LogP contribution in [-0.4, -0.2) is 88.0 Å². The quantitative estimate of drug-likeness (QED) is 0.259. The Labute approximate surface area is 166 Å². The van der Waals surface area contributed by atoms with Gasteiger partial charge < -0.3 is 31.5 Å². The lowest BCUT2D eigenvalue weighted by Gasteiger charge is -2.28. The van der Waals surface area contributed by atoms with E-state index in [4.69, 9.17) is 15.9 Å². The van der Waals surface area contributed by atoms with Gasteiger partial charge >= 0.3 is 11.9 Å². The van der Waals surface area contributed by atoms with Crippen molar-refractivity contribution in [3.05, 3.63) is 0 Å². The second kappa shape index (κ2) is 11.5. The number of rotatable bonds is 11. The molecular formula is C16H26N4O7S. The number of hydrogen-bond acceptors (Lipinski definition) is 7. The van der Waals surface area contributed by atoms with Gasteiger partial charge in [0.15, 0.2) is 0 Å². The number of carboxylic acid groups (broad SMARTS) is 2. The molecule has 0 aromatic heterocycles. The molecule has 28 heavy (non-hydrogen) atoms. The molecule has 1 aliphatic heterocycles. The van der Waals surface area contributed by atoms with Gasteiger partial charge in [-0.2, -0.15) is 11.8 Å². The maximum Gasteiger partial charge on any atom is 0.322 e. The largest absolute Gasteiger partial charge is 0.481 e. The number of nitrogens with one attached hydrogen (secondary N) is 2. The number of aliphatic carboxylic acids is 2. The van der Waals surface area contributed by atoms with E-state index in [0.29, 0.717) is 18.6 Å². The first-order valence-electron chi connectivity index (χ1n) is 8.74. The number of amides is 3. The van der Waals surface area contributed by atoms with E-state index in [1.807, 2.05) is 6.26 Å². The molecule has 6 N–H and O–H groups in total. The molecule has 1 saturated heterocycles. The van der Waals surface area contributed by atoms with Gasteiger partial charge in [-0.15, -0.1) is 0 Å². The predicted octanol–water partition coefficient (Wildman–Crippen LogP) is -1.78. The second-order valence-electron chi connectivity index (χ2n) is 6.35. The van der Waals surface area contributed by atoms with E-state index in [2.05, 4.69) is 10.6 Å². The molecule has 0 radical (unpaired) electrons. The lowest BCUT2D eigenvalue weighted by Crippen LogP contribution is -2.55. The molecule has 1 heterocycles. The van der Waals surface area contributed by atoms with Gasteiger partial charge in [-0.25, -0.2) is 0 Å². The minimum absolute atomic E-state index is 0.269. The monoisotopic (exact) mass is 418 g/mol. The summed E-state index contributed by atoms with van der Waals surface area (Å²) in [6, 6.07) is -3.04. The molecule has 1 aliphatic rings. The molecule has 12 heteroatoms. The average molecular weight is 418 g/mol. The smallest absolute Gasteiger partial charge is 0.322 e. The van der Waals surface area contributed by atoms with Crippen LogP contribution < -0.4 is 16.4 Å². The molecule has 3 unspecified atom stereocenters. The number of nitrogens with two attached hydrogens (primary N) is 1. The molecule has 1 rings (SSSR count). The lowest BCUT2D eigenvalue weighted by atomic mass is 10.1. The maximum atomic E-state index is 12.7. The topological polar surface area (TPSA) is 179 Å². The zero-order valence-electron chi connectivity index (χ0n) is 15.6. The van der Waals surface area contributed by atoms with Gasteiger partial charge in [0.1, 0.15) is 18.6 Å². The van der Waals surface area contributed by atoms with E-state index < -0.39 is 60.8 Å². The summed E-state index contributed by atoms with van der Waals surface area (Å²) in [4.78, 5) is 59.8. The van der Waals surface area contributed by atoms with Crippen LogP contribution in [0, 0.1) is 0 Å². The Morgan fingerprint density at radius 1 is 1.21 bits per heavy atom. The third-order valence-electron chi connectivity index (χ3n) is 4.21. The Morgan fingerprint density at radius 3 is 2.46 bits per heavy atom. The number of hydrogen-bond donors (Lipinski definition) is 5. The highest BCUT2D eigenvalue weighted by Gasteiger charge is 2.37. The minimum atomic E-state index is -1.25. The van der Waals surface area contributed by atoms with Crippen LogP contribution in [0.25, 0.3) is 0 Å². The van der Waals surface area contributed by atoms with Crippen LogP contribution in [0.2, 0.25) is 0 Å². The van der Waals surface area contributed by atoms with Gasteiger partial charge in [0.2, 0.25) is 17.7 Å². The lowest BCUT2D eigenvalue weighted by molar-refractivity contribution is -0.144. The van der Waals surface area contributed by atoms with Crippen molar-refractivity contribution in [3.8, 4) is 0 Å². The highest BCUT2D eigenvalue weighted by Crippen LogP contribution is 2.19. The third kappa shape index (κ3) is 7.35. The van der Waals surface area contributed by atoms with Crippen LogP contribution in [0.1, 0.15) is 25.7 Å². The van der Waals surface area contributed by atoms with Crippen molar-refractivity contribution in [2.75, 3.05) is 25.1 Å². The summed E-state index contributed by atoms with van der Waals surface area (Å²) in [5.74, 6) is -3.66. The summed E-state index contributed by atoms with van der Waals surface area (Å²) in [5.41, 5.74) is 5.62. The van der Waals surface area contributed by atoms with Crippen LogP contribution in [-0.2, 0) is 24.0 Å². The molecule has 1 fully saturated rings. The van der Waals surface area contributed by atoms with Gasteiger partial charge in [0.05, 0.1) is 12.5 Å². The fourth-order valence-electron chi connectivity index (χ4n) is 2.85. The highest BCUT2D eigenvalue weighted by molar-refractivity contribution is 7.98. The Hall–Kier alpha value is -2.34. The standard InChI is InChI=1S/C16H26N4O7S/c1-28-6-4-10(14(25)18-8-13(23)24)19-15(26)11-3-2-5-20(11)16(27)9(17)7-12(21)22/h9-11H,2-8,17H2,1H3,(H,18,25)(H,19,26)(H,21,22)(H,23,24). The first kappa shape index (κ1) is 23.7. The molecule has 0 saturated carbocycles. The van der Waals surface area contributed by atoms with Gasteiger partial charge in [-0.3, -0.25) is 24.0 Å². The van der Waals surface area contributed by atoms with Crippen LogP contribution in [0.15, 0.2) is 0 Å². The fraction of sp³-hybridized carbons (Fsp3) is 0.688. The van der Waals surface area contributed by atoms with E-state index in [-0.39, 0.29) is 13.0 Å². The van der Waals surface area contributed by atoms with E-state index in [9.17, 15) is 24.0 Å². The molecule has 0 aliphatic carbocycles. The molecule has 3 amide bonds. The van der Waals surface area contributed by atoms with Crippen molar-refractivity contribution in [1.82, 2.24) is 15.5 Å². The van der Waals surface area contributed by atoms with Gasteiger partial charge in [-0.05, 0) is 31.3 Å². The molecule has 0 aromatic carbocycles. The first-order valence-corrected chi connectivity index (χ1v) is 10.1. The Morgan fingerprint density at radius 2 is 1.89 bits per heavy atom. The van der Waals surface area contributed by atoms with Gasteiger partial charge in [-0.1, -0.05) is 0 Å². The van der Waals surface area contributed by atoms with E-state index in [0.717, 1.165) is 0 Å². The summed E-state index contributed by atoms with van der Waals surface area (Å²) in [6.07, 6.45) is 2.48. The minimum Gasteiger partial charge on any atom is -0.481 e. The highest BCUT2D eigenvalue weighted by atomic mass is 32.2. The molecule has 158 valence electrons. The average Bonchev–Trinajstić information content (AvgIpc) is 3.11. The zero-order valence-corrected chi connectivity index (χ0v) is 16.4. The Bertz CT molecular complexity index is 616. The van der Waals surface area contributed by atoms with Gasteiger partial charge in [0.25, 0.3) is 0 Å². The molecule has 11 nitrogen and oxygen atoms in total. The maximum absolute atomic E-state index is 12.7. The van der Waals surface area contributed by atoms with Crippen LogP contribution in [0.4, 0.5) is 0 Å². The number of thioether (sulfide) groups is 1. The van der Waals surface area contributed by atoms with Crippen molar-refractivity contribution < 1.29 is 34.2 Å². The van der Waals surface area contributed by atoms with Crippen LogP contribution in [0.5, 0.6) is 0 Å². The SMILES string of the molecule is CSCCC(NC(=O)C1CCCN1C(=O)C(N)CC(=O)O)C(=O)NCC(=O)O. The number of likely N-dealkylation sites (tertiary alicyclic amines) is 1. The molecule has 0 bridgehead atoms. The number of carbonyl (C=O) groups is 5. The molecular weight excluding hydrogens is 392 g/mol. The summed E-state index contributed by atoms with van der Waals surface area (Å²) in [6.45, 7) is -0.298. The van der Waals surface area contributed by atoms with Crippen LogP contribution in [0.3, 0.4) is 0 Å². The molecule has 3 atom stereocenters. The van der Waals surface area contributed by atoms with Crippen LogP contribution >= 0.6 is 11.8 Å². The number of nitrogens with zero attached hydrogens (tertiary/aromatic N) is 1. The summed E-state index contributed by atoms with van der Waals surface area (Å²) < 4.78 is 0. The summed E-state index contributed by atoms with van der Waals surface area (Å²) in [5, 5.41) is 22.3. The van der Waals surface area contributed by atoms with Crippen molar-refractivity contribution in [1.29, 1.82) is 0 Å². The number of carboxylic acids is 2. The van der Waals surface area contributed by atoms with E-state index in [1.165, 1.54) is 16.7 Å². The third-order valence-corrected chi connectivity index (χ3v) is 4.85. The zero-order chi connectivity index (χ0) is 21.3. The van der Waals surface area contributed by atoms with E-state index in [1.54, 1.807) is 0 Å². The Balaban J connectivity index is 2.78. The van der Waals surface area contributed by atoms with Crippen molar-refractivity contribution >= 4 is 41.4 Å².